The predicted octanol–water partition coefficient (Wildman–Crippen LogP) is -0.723. The highest BCUT2D eigenvalue weighted by molar-refractivity contribution is 9.08. The Labute approximate surface area is 63.8 Å². The molecule has 0 spiro atoms. The lowest BCUT2D eigenvalue weighted by molar-refractivity contribution is 1.01. The molecule has 1 aromatic heterocycles. The van der Waals surface area contributed by atoms with Crippen LogP contribution in [0.2, 0.25) is 0 Å². The minimum atomic E-state index is -0.569. The first-order valence-electron chi connectivity index (χ1n) is 2.39. The molecule has 5 nitrogen and oxygen atoms in total. The molecule has 1 rings (SSSR count). The largest absolute Gasteiger partial charge is 0.393 e. The number of halogens is 1. The lowest BCUT2D eigenvalue weighted by Gasteiger charge is -1.92. The summed E-state index contributed by atoms with van der Waals surface area (Å²) >= 11 is 2.83. The summed E-state index contributed by atoms with van der Waals surface area (Å²) in [7, 11) is 0. The van der Waals surface area contributed by atoms with E-state index in [4.69, 9.17) is 5.73 Å². The molecule has 3 N–H and O–H groups in total. The van der Waals surface area contributed by atoms with Crippen molar-refractivity contribution < 1.29 is 0 Å². The number of rotatable bonds is 0. The second kappa shape index (κ2) is 2.30. The van der Waals surface area contributed by atoms with E-state index in [-0.39, 0.29) is 5.69 Å². The van der Waals surface area contributed by atoms with Crippen molar-refractivity contribution >= 4 is 21.8 Å². The highest BCUT2D eigenvalue weighted by atomic mass is 79.9. The van der Waals surface area contributed by atoms with Crippen molar-refractivity contribution in [3.05, 3.63) is 27.0 Å². The maximum Gasteiger partial charge on any atom is 0.338 e. The smallest absolute Gasteiger partial charge is 0.338 e. The molecular formula is C4H4BrN3O2. The molecular weight excluding hydrogens is 202 g/mol. The van der Waals surface area contributed by atoms with E-state index in [1.165, 1.54) is 6.20 Å². The van der Waals surface area contributed by atoms with Gasteiger partial charge in [-0.2, -0.15) is 0 Å². The van der Waals surface area contributed by atoms with Gasteiger partial charge in [0.25, 0.3) is 5.56 Å². The first-order chi connectivity index (χ1) is 4.61. The fraction of sp³-hybridized carbons (Fsp3) is 0. The average Bonchev–Trinajstić information content (AvgIpc) is 1.84. The molecule has 0 atom stereocenters. The molecule has 0 amide bonds. The molecule has 0 aliphatic carbocycles. The third kappa shape index (κ3) is 1.10. The molecule has 0 radical (unpaired) electrons. The van der Waals surface area contributed by atoms with Crippen LogP contribution in [-0.2, 0) is 0 Å². The molecule has 0 saturated heterocycles. The van der Waals surface area contributed by atoms with Crippen LogP contribution in [0, 0.1) is 0 Å². The van der Waals surface area contributed by atoms with Crippen molar-refractivity contribution in [1.29, 1.82) is 0 Å². The standard InChI is InChI=1S/C4H4BrN3O2/c5-8-1-2(6)3(9)7-4(8)10/h1H,6H2,(H,7,9,10). The number of H-pyrrole nitrogens is 1. The van der Waals surface area contributed by atoms with Gasteiger partial charge in [-0.3, -0.25) is 9.78 Å². The number of nitrogens with zero attached hydrogens (tertiary/aromatic N) is 1. The minimum Gasteiger partial charge on any atom is -0.393 e. The molecule has 0 aliphatic heterocycles. The summed E-state index contributed by atoms with van der Waals surface area (Å²) in [6.45, 7) is 0. The lowest BCUT2D eigenvalue weighted by atomic mass is 10.6. The van der Waals surface area contributed by atoms with Gasteiger partial charge in [-0.15, -0.1) is 0 Å². The van der Waals surface area contributed by atoms with E-state index in [1.807, 2.05) is 4.98 Å². The third-order valence-corrected chi connectivity index (χ3v) is 1.46. The molecule has 6 heteroatoms. The van der Waals surface area contributed by atoms with Crippen LogP contribution in [-0.4, -0.2) is 8.58 Å². The van der Waals surface area contributed by atoms with Crippen LogP contribution in [0.4, 0.5) is 5.69 Å². The second-order valence-electron chi connectivity index (χ2n) is 1.65. The normalized spacial score (nSPS) is 9.70. The summed E-state index contributed by atoms with van der Waals surface area (Å²) in [5.74, 6) is 0. The van der Waals surface area contributed by atoms with Crippen molar-refractivity contribution in [2.45, 2.75) is 0 Å². The van der Waals surface area contributed by atoms with Gasteiger partial charge in [0.2, 0.25) is 0 Å². The van der Waals surface area contributed by atoms with Crippen molar-refractivity contribution in [2.24, 2.45) is 0 Å². The molecule has 10 heavy (non-hydrogen) atoms. The molecule has 1 heterocycles. The number of hydrogen-bond acceptors (Lipinski definition) is 3. The monoisotopic (exact) mass is 205 g/mol. The average molecular weight is 206 g/mol. The molecule has 0 saturated carbocycles. The van der Waals surface area contributed by atoms with Crippen LogP contribution in [0.25, 0.3) is 0 Å². The topological polar surface area (TPSA) is 80.9 Å². The van der Waals surface area contributed by atoms with Gasteiger partial charge in [-0.25, -0.2) is 8.39 Å². The molecule has 0 fully saturated rings. The van der Waals surface area contributed by atoms with Crippen LogP contribution in [0.5, 0.6) is 0 Å². The summed E-state index contributed by atoms with van der Waals surface area (Å²) in [6.07, 6.45) is 1.20. The second-order valence-corrected chi connectivity index (χ2v) is 2.42. The van der Waals surface area contributed by atoms with E-state index in [9.17, 15) is 9.59 Å². The van der Waals surface area contributed by atoms with E-state index in [1.54, 1.807) is 0 Å². The maximum absolute atomic E-state index is 10.6. The van der Waals surface area contributed by atoms with Gasteiger partial charge in [-0.05, 0) is 0 Å². The Balaban J connectivity index is 3.59. The fourth-order valence-corrected chi connectivity index (χ4v) is 0.771. The highest BCUT2D eigenvalue weighted by Gasteiger charge is 1.95. The van der Waals surface area contributed by atoms with Gasteiger partial charge in [0, 0.05) is 6.20 Å². The summed E-state index contributed by atoms with van der Waals surface area (Å²) in [5, 5.41) is 0. The van der Waals surface area contributed by atoms with E-state index in [0.29, 0.717) is 0 Å². The van der Waals surface area contributed by atoms with E-state index >= 15 is 0 Å². The Bertz CT molecular complexity index is 321. The number of nitrogens with two attached hydrogens (primary N) is 1. The lowest BCUT2D eigenvalue weighted by Crippen LogP contribution is -2.26. The van der Waals surface area contributed by atoms with E-state index in [2.05, 4.69) is 16.1 Å². The van der Waals surface area contributed by atoms with Crippen LogP contribution >= 0.6 is 16.1 Å². The molecule has 0 unspecified atom stereocenters. The third-order valence-electron chi connectivity index (χ3n) is 0.929. The maximum atomic E-state index is 10.6. The van der Waals surface area contributed by atoms with Crippen LogP contribution < -0.4 is 17.0 Å². The van der Waals surface area contributed by atoms with E-state index in [0.717, 1.165) is 3.59 Å². The number of nitrogens with one attached hydrogen (secondary N) is 1. The number of hydrogen-bond donors (Lipinski definition) is 2. The summed E-state index contributed by atoms with van der Waals surface area (Å²) in [6, 6.07) is 0. The SMILES string of the molecule is Nc1cn(Br)c(=O)[nH]c1=O. The van der Waals surface area contributed by atoms with Crippen molar-refractivity contribution in [2.75, 3.05) is 5.73 Å². The Morgan fingerprint density at radius 2 is 2.20 bits per heavy atom. The van der Waals surface area contributed by atoms with Crippen LogP contribution in [0.3, 0.4) is 0 Å². The Morgan fingerprint density at radius 3 is 2.70 bits per heavy atom. The van der Waals surface area contributed by atoms with Gasteiger partial charge in [-0.1, -0.05) is 0 Å². The van der Waals surface area contributed by atoms with Gasteiger partial charge in [0.05, 0.1) is 16.1 Å². The van der Waals surface area contributed by atoms with Gasteiger partial charge in [0.15, 0.2) is 0 Å². The van der Waals surface area contributed by atoms with Crippen LogP contribution in [0.15, 0.2) is 15.8 Å². The van der Waals surface area contributed by atoms with Crippen molar-refractivity contribution in [3.8, 4) is 0 Å². The summed E-state index contributed by atoms with van der Waals surface area (Å²) in [5.41, 5.74) is 4.04. The first-order valence-corrected chi connectivity index (χ1v) is 3.10. The zero-order valence-corrected chi connectivity index (χ0v) is 6.38. The first kappa shape index (κ1) is 7.07. The van der Waals surface area contributed by atoms with Crippen molar-refractivity contribution in [1.82, 2.24) is 8.58 Å². The van der Waals surface area contributed by atoms with Gasteiger partial charge < -0.3 is 5.73 Å². The van der Waals surface area contributed by atoms with Gasteiger partial charge in [0.1, 0.15) is 5.69 Å². The van der Waals surface area contributed by atoms with Crippen LogP contribution in [0.1, 0.15) is 0 Å². The molecule has 0 aliphatic rings. The molecule has 54 valence electrons. The zero-order chi connectivity index (χ0) is 7.72. The fourth-order valence-electron chi connectivity index (χ4n) is 0.462. The predicted molar refractivity (Wildman–Crippen MR) is 40.1 cm³/mol. The highest BCUT2D eigenvalue weighted by Crippen LogP contribution is 1.88. The minimum absolute atomic E-state index is 0.00326. The number of aromatic nitrogens is 2. The molecule has 0 bridgehead atoms. The van der Waals surface area contributed by atoms with Gasteiger partial charge >= 0.3 is 5.69 Å². The Kier molecular flexibility index (Phi) is 1.62. The molecule has 1 aromatic rings. The van der Waals surface area contributed by atoms with Crippen molar-refractivity contribution in [3.63, 3.8) is 0 Å². The number of anilines is 1. The number of aromatic amines is 1. The van der Waals surface area contributed by atoms with E-state index < -0.39 is 11.2 Å². The number of nitrogen functional groups attached to an aromatic ring is 1. The summed E-state index contributed by atoms with van der Waals surface area (Å²) < 4.78 is 1.02. The Morgan fingerprint density at radius 1 is 1.60 bits per heavy atom. The molecule has 0 aromatic carbocycles. The quantitative estimate of drug-likeness (QED) is 0.587. The summed E-state index contributed by atoms with van der Waals surface area (Å²) in [4.78, 5) is 23.2. The zero-order valence-electron chi connectivity index (χ0n) is 4.80. The Hall–Kier alpha value is -1.04.